The van der Waals surface area contributed by atoms with Crippen molar-refractivity contribution in [3.8, 4) is 0 Å². The number of hydrogen-bond acceptors (Lipinski definition) is 3. The van der Waals surface area contributed by atoms with Crippen molar-refractivity contribution in [3.63, 3.8) is 0 Å². The lowest BCUT2D eigenvalue weighted by Gasteiger charge is -2.04. The zero-order valence-electron chi connectivity index (χ0n) is 7.66. The normalized spacial score (nSPS) is 9.40. The van der Waals surface area contributed by atoms with Crippen LogP contribution in [0.3, 0.4) is 0 Å². The van der Waals surface area contributed by atoms with Crippen LogP contribution in [0.25, 0.3) is 0 Å². The Balaban J connectivity index is 2.43. The molecule has 0 unspecified atom stereocenters. The maximum absolute atomic E-state index is 12.7. The van der Waals surface area contributed by atoms with E-state index in [4.69, 9.17) is 5.41 Å². The molecule has 0 saturated heterocycles. The van der Waals surface area contributed by atoms with Gasteiger partial charge in [-0.25, -0.2) is 14.5 Å². The number of nitro groups is 1. The number of benzene rings is 1. The molecular formula is C8H9FN4O2. The highest BCUT2D eigenvalue weighted by Gasteiger charge is 2.02. The molecule has 0 amide bonds. The molecule has 0 saturated carbocycles. The molecule has 1 aromatic carbocycles. The van der Waals surface area contributed by atoms with E-state index in [1.165, 1.54) is 18.2 Å². The highest BCUT2D eigenvalue weighted by Crippen LogP contribution is 2.02. The van der Waals surface area contributed by atoms with Gasteiger partial charge in [0.2, 0.25) is 0 Å². The van der Waals surface area contributed by atoms with Gasteiger partial charge in [-0.1, -0.05) is 17.6 Å². The number of nitrogens with zero attached hydrogens (tertiary/aromatic N) is 1. The first-order valence-corrected chi connectivity index (χ1v) is 4.06. The molecule has 0 atom stereocenters. The van der Waals surface area contributed by atoms with Crippen LogP contribution in [0.15, 0.2) is 24.3 Å². The van der Waals surface area contributed by atoms with Crippen molar-refractivity contribution in [1.29, 1.82) is 5.41 Å². The maximum Gasteiger partial charge on any atom is 0.251 e. The molecule has 15 heavy (non-hydrogen) atoms. The molecule has 0 aliphatic rings. The molecular weight excluding hydrogens is 203 g/mol. The van der Waals surface area contributed by atoms with Crippen molar-refractivity contribution in [2.45, 2.75) is 6.54 Å². The third-order valence-electron chi connectivity index (χ3n) is 1.56. The minimum atomic E-state index is -0.846. The Morgan fingerprint density at radius 1 is 1.60 bits per heavy atom. The molecule has 3 N–H and O–H groups in total. The van der Waals surface area contributed by atoms with Gasteiger partial charge in [-0.2, -0.15) is 0 Å². The van der Waals surface area contributed by atoms with Crippen LogP contribution < -0.4 is 10.7 Å². The van der Waals surface area contributed by atoms with Crippen LogP contribution in [0, 0.1) is 21.3 Å². The Hall–Kier alpha value is -2.18. The van der Waals surface area contributed by atoms with Gasteiger partial charge in [-0.3, -0.25) is 5.41 Å². The molecule has 1 aromatic rings. The fourth-order valence-electron chi connectivity index (χ4n) is 0.968. The molecule has 0 heterocycles. The SMILES string of the molecule is N=C(NCc1cccc(F)c1)N[N+](=O)[O-]. The van der Waals surface area contributed by atoms with E-state index in [2.05, 4.69) is 5.32 Å². The van der Waals surface area contributed by atoms with Gasteiger partial charge < -0.3 is 5.32 Å². The van der Waals surface area contributed by atoms with Crippen LogP contribution in [-0.4, -0.2) is 11.0 Å². The Bertz CT molecular complexity index is 383. The summed E-state index contributed by atoms with van der Waals surface area (Å²) in [5.74, 6) is -0.827. The van der Waals surface area contributed by atoms with Gasteiger partial charge >= 0.3 is 0 Å². The number of hydrazine groups is 1. The van der Waals surface area contributed by atoms with E-state index in [0.29, 0.717) is 5.56 Å². The van der Waals surface area contributed by atoms with Gasteiger partial charge in [0, 0.05) is 6.54 Å². The largest absolute Gasteiger partial charge is 0.348 e. The first-order valence-electron chi connectivity index (χ1n) is 4.06. The zero-order valence-corrected chi connectivity index (χ0v) is 7.66. The van der Waals surface area contributed by atoms with E-state index >= 15 is 0 Å². The van der Waals surface area contributed by atoms with Crippen LogP contribution in [-0.2, 0) is 6.54 Å². The van der Waals surface area contributed by atoms with Gasteiger partial charge in [0.15, 0.2) is 5.03 Å². The van der Waals surface area contributed by atoms with Gasteiger partial charge in [0.05, 0.1) is 0 Å². The standard InChI is InChI=1S/C8H9FN4O2/c9-7-3-1-2-6(4-7)5-11-8(10)12-13(14)15/h1-4H,5H2,(H3,10,11,12). The van der Waals surface area contributed by atoms with Crippen LogP contribution in [0.5, 0.6) is 0 Å². The van der Waals surface area contributed by atoms with Gasteiger partial charge in [0.1, 0.15) is 5.82 Å². The maximum atomic E-state index is 12.7. The molecule has 0 bridgehead atoms. The number of rotatable bonds is 3. The molecule has 80 valence electrons. The molecule has 0 spiro atoms. The van der Waals surface area contributed by atoms with E-state index in [9.17, 15) is 14.5 Å². The molecule has 0 radical (unpaired) electrons. The lowest BCUT2D eigenvalue weighted by molar-refractivity contribution is -0.525. The summed E-state index contributed by atoms with van der Waals surface area (Å²) in [6.45, 7) is 0.150. The minimum absolute atomic E-state index is 0.150. The predicted molar refractivity (Wildman–Crippen MR) is 51.1 cm³/mol. The van der Waals surface area contributed by atoms with Gasteiger partial charge in [0.25, 0.3) is 5.96 Å². The molecule has 0 aromatic heterocycles. The van der Waals surface area contributed by atoms with Gasteiger partial charge in [-0.15, -0.1) is 0 Å². The minimum Gasteiger partial charge on any atom is -0.348 e. The second-order valence-electron chi connectivity index (χ2n) is 2.73. The first-order chi connectivity index (χ1) is 7.08. The fourth-order valence-corrected chi connectivity index (χ4v) is 0.968. The summed E-state index contributed by atoms with van der Waals surface area (Å²) >= 11 is 0. The zero-order chi connectivity index (χ0) is 11.3. The van der Waals surface area contributed by atoms with Crippen molar-refractivity contribution < 1.29 is 9.42 Å². The van der Waals surface area contributed by atoms with Crippen molar-refractivity contribution >= 4 is 5.96 Å². The Morgan fingerprint density at radius 2 is 2.33 bits per heavy atom. The van der Waals surface area contributed by atoms with E-state index in [1.807, 2.05) is 0 Å². The predicted octanol–water partition coefficient (Wildman–Crippen LogP) is 0.631. The van der Waals surface area contributed by atoms with E-state index in [0.717, 1.165) is 0 Å². The summed E-state index contributed by atoms with van der Waals surface area (Å²) in [6, 6.07) is 5.75. The number of nitrogens with one attached hydrogen (secondary N) is 3. The third-order valence-corrected chi connectivity index (χ3v) is 1.56. The Morgan fingerprint density at radius 3 is 2.93 bits per heavy atom. The highest BCUT2D eigenvalue weighted by molar-refractivity contribution is 5.74. The third kappa shape index (κ3) is 4.03. The topological polar surface area (TPSA) is 91.1 Å². The summed E-state index contributed by atoms with van der Waals surface area (Å²) in [5, 5.41) is 18.6. The number of halogens is 1. The summed E-state index contributed by atoms with van der Waals surface area (Å²) in [5.41, 5.74) is 2.23. The Kier molecular flexibility index (Phi) is 3.55. The monoisotopic (exact) mass is 212 g/mol. The van der Waals surface area contributed by atoms with E-state index < -0.39 is 11.0 Å². The quantitative estimate of drug-likeness (QED) is 0.296. The average Bonchev–Trinajstić information content (AvgIpc) is 2.14. The second-order valence-corrected chi connectivity index (χ2v) is 2.73. The summed E-state index contributed by atoms with van der Waals surface area (Å²) in [7, 11) is 0. The lowest BCUT2D eigenvalue weighted by Crippen LogP contribution is -2.39. The lowest BCUT2D eigenvalue weighted by atomic mass is 10.2. The molecule has 0 aliphatic carbocycles. The van der Waals surface area contributed by atoms with E-state index in [1.54, 1.807) is 11.5 Å². The van der Waals surface area contributed by atoms with Crippen molar-refractivity contribution in [2.75, 3.05) is 0 Å². The number of hydrogen-bond donors (Lipinski definition) is 3. The molecule has 0 fully saturated rings. The van der Waals surface area contributed by atoms with Crippen LogP contribution in [0.4, 0.5) is 4.39 Å². The van der Waals surface area contributed by atoms with Crippen molar-refractivity contribution in [3.05, 3.63) is 45.8 Å². The second kappa shape index (κ2) is 4.89. The van der Waals surface area contributed by atoms with Crippen LogP contribution in [0.1, 0.15) is 5.56 Å². The smallest absolute Gasteiger partial charge is 0.251 e. The van der Waals surface area contributed by atoms with Crippen molar-refractivity contribution in [2.24, 2.45) is 0 Å². The Labute approximate surface area is 84.7 Å². The highest BCUT2D eigenvalue weighted by atomic mass is 19.1. The van der Waals surface area contributed by atoms with Gasteiger partial charge in [-0.05, 0) is 17.7 Å². The first kappa shape index (κ1) is 10.9. The fraction of sp³-hybridized carbons (Fsp3) is 0.125. The number of guanidine groups is 1. The van der Waals surface area contributed by atoms with Crippen LogP contribution in [0.2, 0.25) is 0 Å². The summed E-state index contributed by atoms with van der Waals surface area (Å²) in [6.07, 6.45) is 0. The summed E-state index contributed by atoms with van der Waals surface area (Å²) < 4.78 is 12.7. The molecule has 0 aliphatic heterocycles. The molecule has 7 heteroatoms. The summed E-state index contributed by atoms with van der Waals surface area (Å²) in [4.78, 5) is 9.93. The molecule has 1 rings (SSSR count). The molecule has 6 nitrogen and oxygen atoms in total. The van der Waals surface area contributed by atoms with Crippen molar-refractivity contribution in [1.82, 2.24) is 10.7 Å². The average molecular weight is 212 g/mol. The van der Waals surface area contributed by atoms with E-state index in [-0.39, 0.29) is 12.4 Å². The van der Waals surface area contributed by atoms with Crippen LogP contribution >= 0.6 is 0 Å².